The molecule has 0 radical (unpaired) electrons. The lowest BCUT2D eigenvalue weighted by Crippen LogP contribution is -2.61. The largest absolute Gasteiger partial charge is 0.370 e. The van der Waals surface area contributed by atoms with E-state index >= 15 is 0 Å². The highest BCUT2D eigenvalue weighted by molar-refractivity contribution is 6.00. The van der Waals surface area contributed by atoms with Crippen LogP contribution in [0.25, 0.3) is 0 Å². The topological polar surface area (TPSA) is 595 Å². The van der Waals surface area contributed by atoms with Gasteiger partial charge in [-0.2, -0.15) is 0 Å². The van der Waals surface area contributed by atoms with Crippen LogP contribution in [0.5, 0.6) is 0 Å². The Morgan fingerprint density at radius 2 is 0.527 bits per heavy atom. The molecule has 0 aliphatic rings. The third-order valence-electron chi connectivity index (χ3n) is 18.4. The minimum absolute atomic E-state index is 0.00431. The number of hydrogen-bond donors (Lipinski definition) is 20. The number of rotatable bonds is 58. The number of hydrogen-bond acceptors (Lipinski definition) is 20. The van der Waals surface area contributed by atoms with Crippen LogP contribution in [0.15, 0.2) is 0 Å². The molecule has 0 aliphatic carbocycles. The molecule has 0 heterocycles. The highest BCUT2D eigenvalue weighted by atomic mass is 16.2. The molecule has 0 aromatic rings. The van der Waals surface area contributed by atoms with Gasteiger partial charge < -0.3 is 109 Å². The Hall–Kier alpha value is -8.15. The number of amides is 15. The molecular weight excluding hydrogens is 1420 g/mol. The average Bonchev–Trinajstić information content (AvgIpc) is 0.861. The fourth-order valence-electron chi connectivity index (χ4n) is 11.9. The van der Waals surface area contributed by atoms with Crippen molar-refractivity contribution in [2.75, 3.05) is 26.2 Å². The van der Waals surface area contributed by atoms with Gasteiger partial charge in [-0.25, -0.2) is 0 Å². The first-order valence-electron chi connectivity index (χ1n) is 39.6. The first-order valence-corrected chi connectivity index (χ1v) is 39.6. The van der Waals surface area contributed by atoms with Crippen LogP contribution in [0.2, 0.25) is 0 Å². The molecule has 0 unspecified atom stereocenters. The molecule has 0 aromatic heterocycles. The van der Waals surface area contributed by atoms with Gasteiger partial charge >= 0.3 is 0 Å². The summed E-state index contributed by atoms with van der Waals surface area (Å²) in [5, 5.41) is 34.9. The van der Waals surface area contributed by atoms with E-state index in [-0.39, 0.29) is 114 Å². The lowest BCUT2D eigenvalue weighted by molar-refractivity contribution is -0.136. The summed E-state index contributed by atoms with van der Waals surface area (Å²) in [6, 6.07) is -17.5. The number of unbranched alkanes of at least 4 members (excludes halogenated alkanes) is 4. The van der Waals surface area contributed by atoms with E-state index < -0.39 is 191 Å². The summed E-state index contributed by atoms with van der Waals surface area (Å²) < 4.78 is 0. The summed E-state index contributed by atoms with van der Waals surface area (Å²) in [7, 11) is 0. The number of primary amides is 2. The van der Waals surface area contributed by atoms with Crippen molar-refractivity contribution in [3.05, 3.63) is 0 Å². The molecule has 110 heavy (non-hydrogen) atoms. The average molecular weight is 1560 g/mol. The van der Waals surface area contributed by atoms with E-state index in [1.54, 1.807) is 62.3 Å². The van der Waals surface area contributed by atoms with Crippen LogP contribution >= 0.6 is 0 Å². The number of nitrogens with two attached hydrogens (primary N) is 7. The van der Waals surface area contributed by atoms with E-state index in [4.69, 9.17) is 40.1 Å². The second-order valence-corrected chi connectivity index (χ2v) is 31.6. The van der Waals surface area contributed by atoms with E-state index in [1.807, 2.05) is 34.6 Å². The van der Waals surface area contributed by atoms with Crippen LogP contribution in [0.3, 0.4) is 0 Å². The summed E-state index contributed by atoms with van der Waals surface area (Å²) in [4.78, 5) is 208. The Labute approximate surface area is 652 Å². The molecule has 0 bridgehead atoms. The van der Waals surface area contributed by atoms with Crippen LogP contribution in [0, 0.1) is 41.4 Å². The zero-order valence-corrected chi connectivity index (χ0v) is 68.6. The van der Waals surface area contributed by atoms with E-state index in [1.165, 1.54) is 13.8 Å². The Bertz CT molecular complexity index is 2920. The fourth-order valence-corrected chi connectivity index (χ4v) is 11.9. The van der Waals surface area contributed by atoms with Gasteiger partial charge in [-0.05, 0) is 191 Å². The lowest BCUT2D eigenvalue weighted by Gasteiger charge is -2.29. The summed E-state index contributed by atoms with van der Waals surface area (Å²) in [5.41, 5.74) is 40.4. The van der Waals surface area contributed by atoms with Crippen LogP contribution in [0.4, 0.5) is 0 Å². The zero-order valence-electron chi connectivity index (χ0n) is 68.6. The maximum absolute atomic E-state index is 14.6. The molecule has 27 N–H and O–H groups in total. The molecule has 35 heteroatoms. The smallest absolute Gasteiger partial charge is 0.243 e. The van der Waals surface area contributed by atoms with Crippen molar-refractivity contribution >= 4 is 88.6 Å². The Balaban J connectivity index is 6.80. The molecule has 15 amide bonds. The Kier molecular flexibility index (Phi) is 50.4. The van der Waals surface area contributed by atoms with Gasteiger partial charge in [0.25, 0.3) is 0 Å². The van der Waals surface area contributed by atoms with Gasteiger partial charge in [0.05, 0.1) is 12.5 Å². The molecule has 632 valence electrons. The summed E-state index contributed by atoms with van der Waals surface area (Å²) in [5.74, 6) is -13.3. The number of carbonyl (C=O) groups excluding carboxylic acids is 15. The van der Waals surface area contributed by atoms with Crippen molar-refractivity contribution in [1.82, 2.24) is 69.1 Å². The highest BCUT2D eigenvalue weighted by Gasteiger charge is 2.39. The standard InChI is InChI=1S/C75H142N20O15/c1-17-46(14)61(75(110)89-54(62(82)97)35-41(4)5)95-69(104)53(29-21-25-33-79)87-66(101)50(26-18-22-30-76)85-63(98)47(15)84-74(109)60(45(12)13)94-64(99)48(16)83-70(105)55(36-42(6)7)92-72(107)57(38-44(10)11)91-68(103)52(28-20-24-32-78)86-67(102)51(27-19-23-31-77)88-71(106)56(37-43(8)9)93-73(108)58(39-59(81)96)90-65(100)49(80)34-40(2)3/h40-58,60-61H,17-39,76-80H2,1-16H3,(H2,81,96)(H2,82,97)(H,83,105)(H,84,109)(H,85,98)(H,86,102)(H,87,101)(H,88,106)(H,89,110)(H,90,100)(H,91,103)(H,92,107)(H,93,108)(H,94,99)(H,95,104)/t46-,47-,48-,49-,50-,51-,52-,53-,54-,55-,56-,57-,58-,60-,61-/m0/s1. The molecule has 0 spiro atoms. The van der Waals surface area contributed by atoms with Gasteiger partial charge in [0, 0.05) is 0 Å². The van der Waals surface area contributed by atoms with Crippen molar-refractivity contribution < 1.29 is 71.9 Å². The molecule has 0 aliphatic heterocycles. The van der Waals surface area contributed by atoms with Gasteiger partial charge in [0.2, 0.25) is 88.6 Å². The third kappa shape index (κ3) is 41.2. The first kappa shape index (κ1) is 102. The molecular formula is C75H142N20O15. The number of nitrogens with one attached hydrogen (secondary N) is 13. The molecule has 15 atom stereocenters. The quantitative estimate of drug-likeness (QED) is 0.0307. The SMILES string of the molecule is CC[C@H](C)[C@H](NC(=O)[C@H](CCCCN)NC(=O)[C@H](CCCCN)NC(=O)[C@H](C)NC(=O)[C@@H](NC(=O)[C@H](C)NC(=O)[C@H](CC(C)C)NC(=O)[C@H](CC(C)C)NC(=O)[C@H](CCCCN)NC(=O)[C@H](CCCCN)NC(=O)[C@H](CC(C)C)NC(=O)[C@H](CC(N)=O)NC(=O)[C@@H](N)CC(C)C)C(C)C)C(=O)N[C@@H](CC(C)C)C(N)=O. The fraction of sp³-hybridized carbons (Fsp3) is 0.800. The number of carbonyl (C=O) groups is 15. The molecule has 0 saturated heterocycles. The van der Waals surface area contributed by atoms with Crippen LogP contribution < -0.4 is 109 Å². The van der Waals surface area contributed by atoms with Gasteiger partial charge in [0.15, 0.2) is 0 Å². The van der Waals surface area contributed by atoms with Crippen LogP contribution in [-0.4, -0.2) is 199 Å². The maximum Gasteiger partial charge on any atom is 0.243 e. The van der Waals surface area contributed by atoms with E-state index in [0.717, 1.165) is 0 Å². The molecule has 35 nitrogen and oxygen atoms in total. The molecule has 0 rings (SSSR count). The maximum atomic E-state index is 14.6. The predicted molar refractivity (Wildman–Crippen MR) is 421 cm³/mol. The van der Waals surface area contributed by atoms with Crippen molar-refractivity contribution in [1.29, 1.82) is 0 Å². The van der Waals surface area contributed by atoms with Crippen LogP contribution in [-0.2, 0) is 71.9 Å². The zero-order chi connectivity index (χ0) is 84.2. The second-order valence-electron chi connectivity index (χ2n) is 31.6. The Morgan fingerprint density at radius 3 is 0.845 bits per heavy atom. The summed E-state index contributed by atoms with van der Waals surface area (Å²) in [6.45, 7) is 28.8. The molecule has 0 fully saturated rings. The lowest BCUT2D eigenvalue weighted by atomic mass is 9.96. The van der Waals surface area contributed by atoms with Crippen LogP contribution in [0.1, 0.15) is 233 Å². The first-order chi connectivity index (χ1) is 51.5. The highest BCUT2D eigenvalue weighted by Crippen LogP contribution is 2.17. The van der Waals surface area contributed by atoms with Crippen molar-refractivity contribution in [3.63, 3.8) is 0 Å². The van der Waals surface area contributed by atoms with Gasteiger partial charge in [-0.15, -0.1) is 0 Å². The minimum Gasteiger partial charge on any atom is -0.370 e. The second kappa shape index (κ2) is 54.5. The third-order valence-corrected chi connectivity index (χ3v) is 18.4. The predicted octanol–water partition coefficient (Wildman–Crippen LogP) is -1.53. The molecule has 0 aromatic carbocycles. The van der Waals surface area contributed by atoms with Gasteiger partial charge in [-0.3, -0.25) is 71.9 Å². The van der Waals surface area contributed by atoms with Crippen molar-refractivity contribution in [2.24, 2.45) is 81.6 Å². The summed E-state index contributed by atoms with van der Waals surface area (Å²) >= 11 is 0. The monoisotopic (exact) mass is 1560 g/mol. The van der Waals surface area contributed by atoms with E-state index in [2.05, 4.69) is 69.1 Å². The molecule has 0 saturated carbocycles. The van der Waals surface area contributed by atoms with Crippen molar-refractivity contribution in [2.45, 2.75) is 317 Å². The van der Waals surface area contributed by atoms with Gasteiger partial charge in [-0.1, -0.05) is 103 Å². The van der Waals surface area contributed by atoms with Crippen molar-refractivity contribution in [3.8, 4) is 0 Å². The van der Waals surface area contributed by atoms with E-state index in [0.29, 0.717) is 57.8 Å². The Morgan fingerprint density at radius 1 is 0.273 bits per heavy atom. The normalized spacial score (nSPS) is 15.6. The summed E-state index contributed by atoms with van der Waals surface area (Å²) in [6.07, 6.45) is 4.07. The minimum atomic E-state index is -1.49. The van der Waals surface area contributed by atoms with E-state index in [9.17, 15) is 71.9 Å². The van der Waals surface area contributed by atoms with Gasteiger partial charge in [0.1, 0.15) is 78.5 Å².